The Morgan fingerprint density at radius 1 is 1.36 bits per heavy atom. The van der Waals surface area contributed by atoms with Gasteiger partial charge in [0.05, 0.1) is 5.52 Å². The van der Waals surface area contributed by atoms with Crippen LogP contribution >= 0.6 is 0 Å². The minimum atomic E-state index is 0.973. The first kappa shape index (κ1) is 9.21. The van der Waals surface area contributed by atoms with Crippen molar-refractivity contribution in [2.75, 3.05) is 14.1 Å². The zero-order valence-electron chi connectivity index (χ0n) is 8.83. The van der Waals surface area contributed by atoms with Gasteiger partial charge in [0.2, 0.25) is 0 Å². The van der Waals surface area contributed by atoms with Crippen LogP contribution in [0.2, 0.25) is 0 Å². The molecule has 0 spiro atoms. The number of fused-ring (bicyclic) bond motifs is 1. The average Bonchev–Trinajstić information content (AvgIpc) is 2.47. The zero-order valence-corrected chi connectivity index (χ0v) is 8.83. The van der Waals surface area contributed by atoms with E-state index in [1.807, 2.05) is 0 Å². The molecule has 3 nitrogen and oxygen atoms in total. The lowest BCUT2D eigenvalue weighted by atomic mass is 10.1. The molecule has 0 saturated carbocycles. The summed E-state index contributed by atoms with van der Waals surface area (Å²) in [5.41, 5.74) is 3.51. The number of rotatable bonds is 2. The number of H-pyrrole nitrogens is 1. The molecule has 0 bridgehead atoms. The zero-order chi connectivity index (χ0) is 10.1. The topological polar surface area (TPSA) is 31.9 Å². The van der Waals surface area contributed by atoms with Crippen molar-refractivity contribution in [3.63, 3.8) is 0 Å². The van der Waals surface area contributed by atoms with Crippen molar-refractivity contribution < 1.29 is 0 Å². The van der Waals surface area contributed by atoms with Gasteiger partial charge >= 0.3 is 0 Å². The van der Waals surface area contributed by atoms with Crippen LogP contribution in [-0.4, -0.2) is 29.2 Å². The van der Waals surface area contributed by atoms with Crippen LogP contribution in [0.15, 0.2) is 18.2 Å². The first-order valence-corrected chi connectivity index (χ1v) is 4.75. The number of hydrogen-bond acceptors (Lipinski definition) is 2. The van der Waals surface area contributed by atoms with Crippen molar-refractivity contribution in [3.8, 4) is 0 Å². The second-order valence-electron chi connectivity index (χ2n) is 3.94. The van der Waals surface area contributed by atoms with Gasteiger partial charge in [0, 0.05) is 17.6 Å². The van der Waals surface area contributed by atoms with Gasteiger partial charge in [0.15, 0.2) is 0 Å². The Labute approximate surface area is 83.7 Å². The molecule has 0 amide bonds. The van der Waals surface area contributed by atoms with Gasteiger partial charge in [-0.15, -0.1) is 0 Å². The molecule has 0 aliphatic rings. The predicted octanol–water partition coefficient (Wildman–Crippen LogP) is 1.93. The standard InChI is InChI=1S/C11H15N3/c1-8-10-6-9(7-14(2)3)4-5-11(10)13-12-8/h4-6H,7H2,1-3H3,(H,12,13). The van der Waals surface area contributed by atoms with E-state index in [1.165, 1.54) is 10.9 Å². The van der Waals surface area contributed by atoms with Crippen LogP contribution in [0.5, 0.6) is 0 Å². The normalized spacial score (nSPS) is 11.4. The first-order chi connectivity index (χ1) is 6.66. The minimum Gasteiger partial charge on any atom is -0.305 e. The molecule has 2 aromatic rings. The summed E-state index contributed by atoms with van der Waals surface area (Å²) in [5, 5.41) is 8.42. The van der Waals surface area contributed by atoms with Crippen molar-refractivity contribution in [2.24, 2.45) is 0 Å². The Bertz CT molecular complexity index is 443. The Morgan fingerprint density at radius 2 is 2.14 bits per heavy atom. The van der Waals surface area contributed by atoms with E-state index in [4.69, 9.17) is 0 Å². The van der Waals surface area contributed by atoms with Crippen LogP contribution in [0, 0.1) is 6.92 Å². The van der Waals surface area contributed by atoms with E-state index in [0.717, 1.165) is 17.8 Å². The molecule has 0 radical (unpaired) electrons. The number of aryl methyl sites for hydroxylation is 1. The Balaban J connectivity index is 2.44. The van der Waals surface area contributed by atoms with E-state index in [2.05, 4.69) is 54.3 Å². The highest BCUT2D eigenvalue weighted by Crippen LogP contribution is 2.17. The van der Waals surface area contributed by atoms with Gasteiger partial charge in [-0.05, 0) is 38.7 Å². The minimum absolute atomic E-state index is 0.973. The lowest BCUT2D eigenvalue weighted by Gasteiger charge is -2.09. The molecule has 0 atom stereocenters. The second-order valence-corrected chi connectivity index (χ2v) is 3.94. The van der Waals surface area contributed by atoms with Crippen molar-refractivity contribution in [3.05, 3.63) is 29.5 Å². The van der Waals surface area contributed by atoms with Crippen LogP contribution in [0.25, 0.3) is 10.9 Å². The third kappa shape index (κ3) is 1.63. The molecule has 1 N–H and O–H groups in total. The molecule has 0 saturated heterocycles. The van der Waals surface area contributed by atoms with Gasteiger partial charge in [-0.2, -0.15) is 5.10 Å². The summed E-state index contributed by atoms with van der Waals surface area (Å²) in [4.78, 5) is 2.16. The van der Waals surface area contributed by atoms with Gasteiger partial charge in [0.25, 0.3) is 0 Å². The summed E-state index contributed by atoms with van der Waals surface area (Å²) in [7, 11) is 4.15. The molecule has 1 aromatic heterocycles. The van der Waals surface area contributed by atoms with E-state index in [9.17, 15) is 0 Å². The molecule has 0 unspecified atom stereocenters. The third-order valence-electron chi connectivity index (χ3n) is 2.31. The van der Waals surface area contributed by atoms with Crippen molar-refractivity contribution in [1.82, 2.24) is 15.1 Å². The Kier molecular flexibility index (Phi) is 2.25. The van der Waals surface area contributed by atoms with Crippen LogP contribution in [0.4, 0.5) is 0 Å². The lowest BCUT2D eigenvalue weighted by molar-refractivity contribution is 0.403. The monoisotopic (exact) mass is 189 g/mol. The van der Waals surface area contributed by atoms with E-state index >= 15 is 0 Å². The van der Waals surface area contributed by atoms with Gasteiger partial charge < -0.3 is 4.90 Å². The van der Waals surface area contributed by atoms with Crippen molar-refractivity contribution in [2.45, 2.75) is 13.5 Å². The summed E-state index contributed by atoms with van der Waals surface area (Å²) >= 11 is 0. The van der Waals surface area contributed by atoms with E-state index in [0.29, 0.717) is 0 Å². The first-order valence-electron chi connectivity index (χ1n) is 4.75. The molecule has 0 fully saturated rings. The Morgan fingerprint density at radius 3 is 2.86 bits per heavy atom. The third-order valence-corrected chi connectivity index (χ3v) is 2.31. The molecule has 0 aliphatic carbocycles. The number of nitrogens with zero attached hydrogens (tertiary/aromatic N) is 2. The maximum Gasteiger partial charge on any atom is 0.0923 e. The summed E-state index contributed by atoms with van der Waals surface area (Å²) in [6.45, 7) is 3.02. The molecular formula is C11H15N3. The molecule has 74 valence electrons. The fourth-order valence-corrected chi connectivity index (χ4v) is 1.65. The van der Waals surface area contributed by atoms with Gasteiger partial charge in [-0.1, -0.05) is 6.07 Å². The molecule has 1 aromatic carbocycles. The molecule has 3 heteroatoms. The second kappa shape index (κ2) is 3.42. The smallest absolute Gasteiger partial charge is 0.0923 e. The summed E-state index contributed by atoms with van der Waals surface area (Å²) in [5.74, 6) is 0. The van der Waals surface area contributed by atoms with Gasteiger partial charge in [-0.3, -0.25) is 5.10 Å². The number of benzene rings is 1. The highest BCUT2D eigenvalue weighted by Gasteiger charge is 2.02. The molecular weight excluding hydrogens is 174 g/mol. The van der Waals surface area contributed by atoms with Crippen molar-refractivity contribution >= 4 is 10.9 Å². The van der Waals surface area contributed by atoms with Crippen LogP contribution in [0.1, 0.15) is 11.3 Å². The molecule has 0 aliphatic heterocycles. The molecule has 14 heavy (non-hydrogen) atoms. The number of nitrogens with one attached hydrogen (secondary N) is 1. The van der Waals surface area contributed by atoms with Crippen LogP contribution < -0.4 is 0 Å². The predicted molar refractivity (Wildman–Crippen MR) is 58.2 cm³/mol. The number of aromatic amines is 1. The highest BCUT2D eigenvalue weighted by atomic mass is 15.1. The van der Waals surface area contributed by atoms with E-state index in [1.54, 1.807) is 0 Å². The van der Waals surface area contributed by atoms with Crippen LogP contribution in [-0.2, 0) is 6.54 Å². The fourth-order valence-electron chi connectivity index (χ4n) is 1.65. The summed E-state index contributed by atoms with van der Waals surface area (Å²) in [6, 6.07) is 6.40. The average molecular weight is 189 g/mol. The van der Waals surface area contributed by atoms with Crippen LogP contribution in [0.3, 0.4) is 0 Å². The highest BCUT2D eigenvalue weighted by molar-refractivity contribution is 5.81. The van der Waals surface area contributed by atoms with Gasteiger partial charge in [-0.25, -0.2) is 0 Å². The molecule has 1 heterocycles. The largest absolute Gasteiger partial charge is 0.305 e. The van der Waals surface area contributed by atoms with Crippen molar-refractivity contribution in [1.29, 1.82) is 0 Å². The summed E-state index contributed by atoms with van der Waals surface area (Å²) < 4.78 is 0. The number of aromatic nitrogens is 2. The van der Waals surface area contributed by atoms with E-state index < -0.39 is 0 Å². The fraction of sp³-hybridized carbons (Fsp3) is 0.364. The number of hydrogen-bond donors (Lipinski definition) is 1. The Hall–Kier alpha value is -1.35. The maximum absolute atomic E-state index is 4.20. The maximum atomic E-state index is 4.20. The van der Waals surface area contributed by atoms with E-state index in [-0.39, 0.29) is 0 Å². The molecule has 2 rings (SSSR count). The summed E-state index contributed by atoms with van der Waals surface area (Å²) in [6.07, 6.45) is 0. The lowest BCUT2D eigenvalue weighted by Crippen LogP contribution is -2.10. The van der Waals surface area contributed by atoms with Gasteiger partial charge in [0.1, 0.15) is 0 Å². The SMILES string of the molecule is Cc1[nH]nc2ccc(CN(C)C)cc12. The quantitative estimate of drug-likeness (QED) is 0.782.